The summed E-state index contributed by atoms with van der Waals surface area (Å²) in [5.41, 5.74) is 0. The summed E-state index contributed by atoms with van der Waals surface area (Å²) >= 11 is 0. The first-order valence-corrected chi connectivity index (χ1v) is 12.9. The molecule has 33 heavy (non-hydrogen) atoms. The van der Waals surface area contributed by atoms with Gasteiger partial charge < -0.3 is 14.6 Å². The Labute approximate surface area is 201 Å². The maximum Gasteiger partial charge on any atom is 0.303 e. The van der Waals surface area contributed by atoms with Crippen LogP contribution in [0, 0.1) is 11.8 Å². The zero-order chi connectivity index (χ0) is 24.3. The number of ether oxygens (including phenoxy) is 2. The Bertz CT molecular complexity index is 622. The van der Waals surface area contributed by atoms with Crippen LogP contribution in [0.2, 0.25) is 0 Å². The molecule has 0 saturated carbocycles. The highest BCUT2D eigenvalue weighted by molar-refractivity contribution is 5.66. The van der Waals surface area contributed by atoms with Gasteiger partial charge in [0.2, 0.25) is 0 Å². The van der Waals surface area contributed by atoms with E-state index >= 15 is 0 Å². The highest BCUT2D eigenvalue weighted by Crippen LogP contribution is 2.33. The first-order chi connectivity index (χ1) is 16.0. The number of aliphatic hydroxyl groups is 1. The lowest BCUT2D eigenvalue weighted by Gasteiger charge is -2.33. The molecule has 0 saturated heterocycles. The second kappa shape index (κ2) is 18.5. The monoisotopic (exact) mass is 462 g/mol. The number of carbonyl (C=O) groups excluding carboxylic acids is 2. The molecule has 4 atom stereocenters. The molecule has 2 unspecified atom stereocenters. The van der Waals surface area contributed by atoms with Crippen LogP contribution in [0.3, 0.4) is 0 Å². The fourth-order valence-corrected chi connectivity index (χ4v) is 4.46. The third-order valence-corrected chi connectivity index (χ3v) is 6.18. The van der Waals surface area contributed by atoms with Crippen molar-refractivity contribution in [2.75, 3.05) is 6.61 Å². The third kappa shape index (κ3) is 14.1. The van der Waals surface area contributed by atoms with Crippen molar-refractivity contribution in [1.82, 2.24) is 0 Å². The van der Waals surface area contributed by atoms with Crippen LogP contribution in [-0.4, -0.2) is 35.9 Å². The molecule has 0 heterocycles. The van der Waals surface area contributed by atoms with Crippen LogP contribution in [-0.2, 0) is 19.1 Å². The summed E-state index contributed by atoms with van der Waals surface area (Å²) < 4.78 is 11.1. The van der Waals surface area contributed by atoms with E-state index in [0.717, 1.165) is 44.9 Å². The van der Waals surface area contributed by atoms with Crippen LogP contribution in [0.5, 0.6) is 0 Å². The summed E-state index contributed by atoms with van der Waals surface area (Å²) in [6.45, 7) is 5.30. The van der Waals surface area contributed by atoms with Crippen LogP contribution in [0.15, 0.2) is 36.5 Å². The van der Waals surface area contributed by atoms with Crippen molar-refractivity contribution < 1.29 is 24.2 Å². The van der Waals surface area contributed by atoms with Crippen molar-refractivity contribution in [3.8, 4) is 0 Å². The molecular weight excluding hydrogens is 416 g/mol. The van der Waals surface area contributed by atoms with E-state index < -0.39 is 0 Å². The number of hydrogen-bond donors (Lipinski definition) is 1. The Morgan fingerprint density at radius 1 is 0.909 bits per heavy atom. The van der Waals surface area contributed by atoms with Gasteiger partial charge in [-0.2, -0.15) is 0 Å². The molecule has 5 nitrogen and oxygen atoms in total. The van der Waals surface area contributed by atoms with Crippen molar-refractivity contribution >= 4 is 11.9 Å². The summed E-state index contributed by atoms with van der Waals surface area (Å²) in [6, 6.07) is 0. The summed E-state index contributed by atoms with van der Waals surface area (Å²) in [6.07, 6.45) is 24.5. The molecule has 1 aliphatic rings. The number of allylic oxidation sites excluding steroid dienone is 5. The fourth-order valence-electron chi connectivity index (χ4n) is 4.46. The van der Waals surface area contributed by atoms with Gasteiger partial charge in [0.1, 0.15) is 12.2 Å². The zero-order valence-electron chi connectivity index (χ0n) is 21.0. The molecule has 1 rings (SSSR count). The van der Waals surface area contributed by atoms with E-state index in [0.29, 0.717) is 0 Å². The van der Waals surface area contributed by atoms with E-state index in [1.165, 1.54) is 46.0 Å². The minimum atomic E-state index is -0.250. The topological polar surface area (TPSA) is 72.8 Å². The largest absolute Gasteiger partial charge is 0.462 e. The zero-order valence-corrected chi connectivity index (χ0v) is 21.0. The van der Waals surface area contributed by atoms with Gasteiger partial charge in [0.05, 0.1) is 0 Å². The lowest BCUT2D eigenvalue weighted by Crippen LogP contribution is -2.32. The van der Waals surface area contributed by atoms with Gasteiger partial charge in [-0.25, -0.2) is 0 Å². The number of unbranched alkanes of at least 4 members (excludes halogenated alkanes) is 6. The molecule has 0 bridgehead atoms. The number of aliphatic hydroxyl groups excluding tert-OH is 1. The Hall–Kier alpha value is -1.88. The van der Waals surface area contributed by atoms with Crippen molar-refractivity contribution in [2.45, 2.75) is 110 Å². The Morgan fingerprint density at radius 2 is 1.58 bits per heavy atom. The van der Waals surface area contributed by atoms with Gasteiger partial charge in [-0.3, -0.25) is 9.59 Å². The molecular formula is C28H46O5. The normalized spacial score (nSPS) is 20.2. The van der Waals surface area contributed by atoms with Gasteiger partial charge in [-0.05, 0) is 56.9 Å². The highest BCUT2D eigenvalue weighted by Gasteiger charge is 2.30. The van der Waals surface area contributed by atoms with Crippen LogP contribution in [0.4, 0.5) is 0 Å². The van der Waals surface area contributed by atoms with Crippen molar-refractivity contribution in [2.24, 2.45) is 11.8 Å². The fraction of sp³-hybridized carbons (Fsp3) is 0.714. The lowest BCUT2D eigenvalue weighted by atomic mass is 9.78. The van der Waals surface area contributed by atoms with E-state index in [1.807, 2.05) is 18.2 Å². The summed E-state index contributed by atoms with van der Waals surface area (Å²) in [5, 5.41) is 9.10. The Kier molecular flexibility index (Phi) is 16.4. The second-order valence-electron chi connectivity index (χ2n) is 9.11. The molecule has 188 valence electrons. The van der Waals surface area contributed by atoms with E-state index in [2.05, 4.69) is 25.2 Å². The first-order valence-electron chi connectivity index (χ1n) is 12.9. The summed E-state index contributed by atoms with van der Waals surface area (Å²) in [5.74, 6) is 0.0165. The van der Waals surface area contributed by atoms with Crippen LogP contribution < -0.4 is 0 Å². The minimum Gasteiger partial charge on any atom is -0.462 e. The summed E-state index contributed by atoms with van der Waals surface area (Å²) in [7, 11) is 0. The minimum absolute atomic E-state index is 0.140. The van der Waals surface area contributed by atoms with Gasteiger partial charge in [0.25, 0.3) is 0 Å². The molecule has 0 radical (unpaired) electrons. The second-order valence-corrected chi connectivity index (χ2v) is 9.11. The van der Waals surface area contributed by atoms with Gasteiger partial charge in [-0.1, -0.05) is 69.4 Å². The maximum atomic E-state index is 11.7. The molecule has 0 aromatic heterocycles. The van der Waals surface area contributed by atoms with E-state index in [-0.39, 0.29) is 42.6 Å². The van der Waals surface area contributed by atoms with Gasteiger partial charge >= 0.3 is 11.9 Å². The Morgan fingerprint density at radius 3 is 2.27 bits per heavy atom. The third-order valence-electron chi connectivity index (χ3n) is 6.18. The first kappa shape index (κ1) is 29.2. The molecule has 1 aliphatic carbocycles. The van der Waals surface area contributed by atoms with E-state index in [1.54, 1.807) is 0 Å². The van der Waals surface area contributed by atoms with Crippen molar-refractivity contribution in [1.29, 1.82) is 0 Å². The van der Waals surface area contributed by atoms with E-state index in [9.17, 15) is 9.59 Å². The lowest BCUT2D eigenvalue weighted by molar-refractivity contribution is -0.150. The predicted molar refractivity (Wildman–Crippen MR) is 134 cm³/mol. The van der Waals surface area contributed by atoms with Crippen LogP contribution in [0.1, 0.15) is 97.8 Å². The predicted octanol–water partition coefficient (Wildman–Crippen LogP) is 6.46. The number of rotatable bonds is 17. The van der Waals surface area contributed by atoms with Crippen molar-refractivity contribution in [3.05, 3.63) is 36.5 Å². The molecule has 0 amide bonds. The number of esters is 2. The SMILES string of the molecule is CCCCCCCCC(C=CC=C[C@@H]1CC=CC[C@H]1C(CCCCO)OC(C)=O)OC(C)=O. The number of hydrogen-bond acceptors (Lipinski definition) is 5. The van der Waals surface area contributed by atoms with Gasteiger partial charge in [0.15, 0.2) is 0 Å². The van der Waals surface area contributed by atoms with Crippen LogP contribution in [0.25, 0.3) is 0 Å². The standard InChI is InChI=1S/C28H46O5/c1-4-5-6-7-8-9-18-26(32-23(2)30)19-12-10-16-25-17-11-13-20-27(25)28(33-24(3)31)21-14-15-22-29/h10-13,16,19,25-29H,4-9,14-15,17-18,20-22H2,1-3H3/t25-,26?,27-,28?/m1/s1. The average Bonchev–Trinajstić information content (AvgIpc) is 2.78. The average molecular weight is 463 g/mol. The highest BCUT2D eigenvalue weighted by atomic mass is 16.5. The van der Waals surface area contributed by atoms with Crippen LogP contribution >= 0.6 is 0 Å². The van der Waals surface area contributed by atoms with Gasteiger partial charge in [0, 0.05) is 26.4 Å². The molecule has 5 heteroatoms. The molecule has 0 spiro atoms. The smallest absolute Gasteiger partial charge is 0.303 e. The number of carbonyl (C=O) groups is 2. The maximum absolute atomic E-state index is 11.7. The molecule has 0 aromatic carbocycles. The molecule has 0 aromatic rings. The molecule has 0 aliphatic heterocycles. The Balaban J connectivity index is 2.67. The van der Waals surface area contributed by atoms with Crippen molar-refractivity contribution in [3.63, 3.8) is 0 Å². The van der Waals surface area contributed by atoms with E-state index in [4.69, 9.17) is 14.6 Å². The van der Waals surface area contributed by atoms with Gasteiger partial charge in [-0.15, -0.1) is 0 Å². The summed E-state index contributed by atoms with van der Waals surface area (Å²) in [4.78, 5) is 23.1. The quantitative estimate of drug-likeness (QED) is 0.116. The molecule has 0 fully saturated rings. The molecule has 1 N–H and O–H groups in total.